The normalized spacial score (nSPS) is 25.3. The fourth-order valence-corrected chi connectivity index (χ4v) is 2.70. The van der Waals surface area contributed by atoms with Gasteiger partial charge in [0.25, 0.3) is 11.4 Å². The van der Waals surface area contributed by atoms with Crippen molar-refractivity contribution in [1.29, 1.82) is 0 Å². The molecule has 0 saturated carbocycles. The Bertz CT molecular complexity index is 786. The topological polar surface area (TPSA) is 151 Å². The Kier molecular flexibility index (Phi) is 5.17. The van der Waals surface area contributed by atoms with Crippen LogP contribution in [0.1, 0.15) is 18.5 Å². The zero-order valence-corrected chi connectivity index (χ0v) is 13.6. The van der Waals surface area contributed by atoms with Crippen molar-refractivity contribution in [3.8, 4) is 5.75 Å². The Morgan fingerprint density at radius 3 is 2.59 bits per heavy atom. The van der Waals surface area contributed by atoms with Gasteiger partial charge in [0.15, 0.2) is 0 Å². The number of non-ortho nitro benzene ring substituents is 1. The second kappa shape index (κ2) is 6.90. The number of nitrogens with one attached hydrogen (secondary N) is 2. The fraction of sp³-hybridized carbons (Fsp3) is 0.429. The molecule has 2 rings (SSSR count). The van der Waals surface area contributed by atoms with E-state index in [0.717, 1.165) is 12.1 Å². The number of amides is 2. The van der Waals surface area contributed by atoms with Gasteiger partial charge in [0.05, 0.1) is 17.6 Å². The number of nitro benzene ring substituents is 1. The number of nitrogens with zero attached hydrogens (tertiary/aromatic N) is 1. The first-order valence-corrected chi connectivity index (χ1v) is 7.44. The Hall–Kier alpha value is -3.09. The lowest BCUT2D eigenvalue weighted by molar-refractivity contribution is -0.385. The molecule has 1 heterocycles. The number of aromatic hydroxyl groups is 1. The van der Waals surface area contributed by atoms with E-state index in [9.17, 15) is 43.1 Å². The number of hydrogen-bond donors (Lipinski definition) is 4. The van der Waals surface area contributed by atoms with Gasteiger partial charge in [-0.3, -0.25) is 14.9 Å². The summed E-state index contributed by atoms with van der Waals surface area (Å²) in [6, 6.07) is -1.10. The molecule has 0 bridgehead atoms. The van der Waals surface area contributed by atoms with E-state index >= 15 is 0 Å². The number of nitro groups is 1. The number of phenols is 1. The van der Waals surface area contributed by atoms with Crippen molar-refractivity contribution in [3.05, 3.63) is 33.9 Å². The summed E-state index contributed by atoms with van der Waals surface area (Å²) < 4.78 is 45.0. The molecule has 4 N–H and O–H groups in total. The summed E-state index contributed by atoms with van der Waals surface area (Å²) in [6.45, 7) is 0.962. The van der Waals surface area contributed by atoms with Crippen molar-refractivity contribution in [2.24, 2.45) is 5.92 Å². The van der Waals surface area contributed by atoms with Crippen LogP contribution in [-0.2, 0) is 9.53 Å². The molecule has 0 unspecified atom stereocenters. The molecule has 148 valence electrons. The number of urea groups is 1. The molecule has 1 aliphatic heterocycles. The van der Waals surface area contributed by atoms with Crippen molar-refractivity contribution >= 4 is 17.7 Å². The van der Waals surface area contributed by atoms with Crippen molar-refractivity contribution in [2.75, 3.05) is 6.61 Å². The number of carbonyl (C=O) groups is 2. The predicted molar refractivity (Wildman–Crippen MR) is 80.3 cm³/mol. The number of hydrogen-bond acceptors (Lipinski definition) is 7. The maximum absolute atomic E-state index is 13.5. The lowest BCUT2D eigenvalue weighted by atomic mass is 9.81. The highest BCUT2D eigenvalue weighted by Gasteiger charge is 2.67. The summed E-state index contributed by atoms with van der Waals surface area (Å²) in [7, 11) is 0. The number of benzene rings is 1. The molecular formula is C14H14F3N3O7. The number of aliphatic hydroxyl groups is 1. The zero-order chi connectivity index (χ0) is 20.6. The molecule has 1 fully saturated rings. The van der Waals surface area contributed by atoms with Crippen molar-refractivity contribution in [3.63, 3.8) is 0 Å². The second-order valence-corrected chi connectivity index (χ2v) is 5.57. The van der Waals surface area contributed by atoms with E-state index in [4.69, 9.17) is 0 Å². The second-order valence-electron chi connectivity index (χ2n) is 5.57. The summed E-state index contributed by atoms with van der Waals surface area (Å²) in [5.41, 5.74) is -5.22. The highest BCUT2D eigenvalue weighted by molar-refractivity contribution is 5.83. The third-order valence-electron chi connectivity index (χ3n) is 3.90. The van der Waals surface area contributed by atoms with Crippen LogP contribution in [-0.4, -0.2) is 45.6 Å². The number of phenolic OH excluding ortho intramolecular Hbond substituents is 1. The molecule has 0 spiro atoms. The van der Waals surface area contributed by atoms with E-state index in [-0.39, 0.29) is 6.61 Å². The quantitative estimate of drug-likeness (QED) is 0.339. The summed E-state index contributed by atoms with van der Waals surface area (Å²) in [6.07, 6.45) is -5.50. The lowest BCUT2D eigenvalue weighted by Crippen LogP contribution is -2.73. The summed E-state index contributed by atoms with van der Waals surface area (Å²) in [5.74, 6) is -4.77. The van der Waals surface area contributed by atoms with E-state index in [1.807, 2.05) is 5.32 Å². The first-order chi connectivity index (χ1) is 12.4. The van der Waals surface area contributed by atoms with Gasteiger partial charge < -0.3 is 25.6 Å². The molecule has 2 amide bonds. The Labute approximate surface area is 149 Å². The fourth-order valence-electron chi connectivity index (χ4n) is 2.70. The maximum atomic E-state index is 13.5. The van der Waals surface area contributed by atoms with Gasteiger partial charge in [0.2, 0.25) is 0 Å². The van der Waals surface area contributed by atoms with E-state index in [1.165, 1.54) is 12.2 Å². The highest BCUT2D eigenvalue weighted by Crippen LogP contribution is 2.45. The number of esters is 1. The maximum Gasteiger partial charge on any atom is 0.437 e. The van der Waals surface area contributed by atoms with Crippen molar-refractivity contribution < 1.29 is 42.6 Å². The Morgan fingerprint density at radius 1 is 1.44 bits per heavy atom. The van der Waals surface area contributed by atoms with Gasteiger partial charge in [-0.05, 0) is 13.0 Å². The number of ether oxygens (including phenoxy) is 1. The highest BCUT2D eigenvalue weighted by atomic mass is 19.4. The average Bonchev–Trinajstić information content (AvgIpc) is 2.53. The van der Waals surface area contributed by atoms with Crippen molar-refractivity contribution in [2.45, 2.75) is 24.9 Å². The van der Waals surface area contributed by atoms with Crippen LogP contribution in [0, 0.1) is 16.0 Å². The Morgan fingerprint density at radius 2 is 2.07 bits per heavy atom. The van der Waals surface area contributed by atoms with Crippen LogP contribution in [0.15, 0.2) is 18.2 Å². The lowest BCUT2D eigenvalue weighted by Gasteiger charge is -2.44. The van der Waals surface area contributed by atoms with Crippen LogP contribution >= 0.6 is 0 Å². The van der Waals surface area contributed by atoms with Gasteiger partial charge in [-0.15, -0.1) is 0 Å². The van der Waals surface area contributed by atoms with Crippen LogP contribution in [0.4, 0.5) is 23.7 Å². The molecule has 0 aromatic heterocycles. The molecule has 27 heavy (non-hydrogen) atoms. The molecule has 0 aliphatic carbocycles. The third kappa shape index (κ3) is 3.58. The molecule has 10 nitrogen and oxygen atoms in total. The summed E-state index contributed by atoms with van der Waals surface area (Å²) >= 11 is 0. The molecule has 1 aromatic carbocycles. The molecule has 13 heteroatoms. The van der Waals surface area contributed by atoms with E-state index in [2.05, 4.69) is 4.74 Å². The molecular weight excluding hydrogens is 379 g/mol. The smallest absolute Gasteiger partial charge is 0.437 e. The molecule has 0 radical (unpaired) electrons. The predicted octanol–water partition coefficient (Wildman–Crippen LogP) is 1.08. The SMILES string of the molecule is CCOC(=O)[C@@H]1[C@@H](c2cc([N+](=O)[O-])ccc2O)NC(=O)N[C@@]1(O)C(F)(F)F. The first kappa shape index (κ1) is 20.2. The van der Waals surface area contributed by atoms with Gasteiger partial charge in [-0.25, -0.2) is 4.79 Å². The molecule has 1 aliphatic rings. The molecule has 1 saturated heterocycles. The Balaban J connectivity index is 2.68. The first-order valence-electron chi connectivity index (χ1n) is 7.44. The number of rotatable bonds is 4. The van der Waals surface area contributed by atoms with Gasteiger partial charge in [0.1, 0.15) is 11.7 Å². The van der Waals surface area contributed by atoms with Gasteiger partial charge in [-0.1, -0.05) is 0 Å². The third-order valence-corrected chi connectivity index (χ3v) is 3.90. The van der Waals surface area contributed by atoms with Crippen LogP contribution in [0.2, 0.25) is 0 Å². The number of carbonyl (C=O) groups excluding carboxylic acids is 2. The number of alkyl halides is 3. The van der Waals surface area contributed by atoms with E-state index in [1.54, 1.807) is 0 Å². The number of halogens is 3. The summed E-state index contributed by atoms with van der Waals surface area (Å²) in [5, 5.41) is 34.2. The van der Waals surface area contributed by atoms with Gasteiger partial charge >= 0.3 is 18.2 Å². The minimum atomic E-state index is -5.50. The van der Waals surface area contributed by atoms with Crippen LogP contribution in [0.25, 0.3) is 0 Å². The van der Waals surface area contributed by atoms with Gasteiger partial charge in [-0.2, -0.15) is 13.2 Å². The van der Waals surface area contributed by atoms with Crippen molar-refractivity contribution in [1.82, 2.24) is 10.6 Å². The minimum absolute atomic E-state index is 0.342. The average molecular weight is 393 g/mol. The van der Waals surface area contributed by atoms with Crippen LogP contribution in [0.5, 0.6) is 5.75 Å². The minimum Gasteiger partial charge on any atom is -0.508 e. The molecule has 1 aromatic rings. The molecule has 3 atom stereocenters. The van der Waals surface area contributed by atoms with Crippen LogP contribution in [0.3, 0.4) is 0 Å². The van der Waals surface area contributed by atoms with Crippen LogP contribution < -0.4 is 10.6 Å². The standard InChI is InChI=1S/C14H14F3N3O7/c1-2-27-11(22)9-10(7-5-6(20(25)26)3-4-8(7)21)18-12(23)19-13(9,24)14(15,16)17/h3-5,9-10,21,24H,2H2,1H3,(H2,18,19,23)/t9-,10+,13-/m0/s1. The summed E-state index contributed by atoms with van der Waals surface area (Å²) in [4.78, 5) is 33.9. The van der Waals surface area contributed by atoms with Gasteiger partial charge in [0, 0.05) is 17.7 Å². The largest absolute Gasteiger partial charge is 0.508 e. The monoisotopic (exact) mass is 393 g/mol. The zero-order valence-electron chi connectivity index (χ0n) is 13.6. The van der Waals surface area contributed by atoms with E-state index in [0.29, 0.717) is 6.07 Å². The van der Waals surface area contributed by atoms with E-state index < -0.39 is 57.8 Å².